The van der Waals surface area contributed by atoms with Crippen LogP contribution in [-0.4, -0.2) is 98.5 Å². The van der Waals surface area contributed by atoms with Crippen LogP contribution in [0.4, 0.5) is 0 Å². The minimum absolute atomic E-state index is 0.0416. The number of carbonyl (C=O) groups is 5. The second-order valence-corrected chi connectivity index (χ2v) is 17.4. The monoisotopic (exact) mass is 767 g/mol. The highest BCUT2D eigenvalue weighted by Crippen LogP contribution is 2.35. The van der Waals surface area contributed by atoms with Crippen molar-refractivity contribution in [2.45, 2.75) is 101 Å². The molecule has 15 nitrogen and oxygen atoms in total. The van der Waals surface area contributed by atoms with Crippen molar-refractivity contribution in [2.75, 3.05) is 18.1 Å². The molecule has 3 aliphatic rings. The van der Waals surface area contributed by atoms with Crippen molar-refractivity contribution in [1.82, 2.24) is 30.5 Å². The molecule has 1 saturated carbocycles. The molecule has 2 aromatic rings. The number of Topliss-reactive ketones (excluding diaryl/α,β-unsaturated/α-hetero) is 1. The molecule has 3 heterocycles. The number of aromatic nitrogens is 3. The average Bonchev–Trinajstić information content (AvgIpc) is 3.75. The van der Waals surface area contributed by atoms with Crippen LogP contribution in [0.3, 0.4) is 0 Å². The summed E-state index contributed by atoms with van der Waals surface area (Å²) in [7, 11) is -3.53. The third-order valence-electron chi connectivity index (χ3n) is 10.2. The van der Waals surface area contributed by atoms with E-state index < -0.39 is 80.0 Å². The minimum atomic E-state index is -3.53. The van der Waals surface area contributed by atoms with Crippen LogP contribution in [0.5, 0.6) is 0 Å². The number of nitrogens with zero attached hydrogens (tertiary/aromatic N) is 4. The SMILES string of the molecule is CC(C)(O)c1cnnn1[C@H]1C[C@@H](C(=O)NC2(C(=O)C(N)=O)CCS(=O)(=O)CC2)N(C(=O)[C@@H](CC2CCCCC2)NC(=O)c2ccc(Cl)c(Cl)c2)C1. The van der Waals surface area contributed by atoms with Gasteiger partial charge in [0.15, 0.2) is 9.84 Å². The summed E-state index contributed by atoms with van der Waals surface area (Å²) >= 11 is 12.2. The molecule has 1 aromatic carbocycles. The number of likely N-dealkylation sites (tertiary alicyclic amines) is 1. The Kier molecular flexibility index (Phi) is 11.5. The average molecular weight is 769 g/mol. The molecule has 2 aliphatic heterocycles. The lowest BCUT2D eigenvalue weighted by Crippen LogP contribution is -2.64. The van der Waals surface area contributed by atoms with Crippen LogP contribution in [0.25, 0.3) is 0 Å². The molecule has 3 atom stereocenters. The highest BCUT2D eigenvalue weighted by Gasteiger charge is 2.50. The number of nitrogens with one attached hydrogen (secondary N) is 2. The summed E-state index contributed by atoms with van der Waals surface area (Å²) in [6.07, 6.45) is 5.61. The first kappa shape index (κ1) is 38.6. The van der Waals surface area contributed by atoms with Crippen molar-refractivity contribution >= 4 is 62.5 Å². The van der Waals surface area contributed by atoms with E-state index in [1.54, 1.807) is 13.8 Å². The number of hydrogen-bond donors (Lipinski definition) is 4. The molecule has 0 bridgehead atoms. The Balaban J connectivity index is 1.50. The number of ketones is 1. The van der Waals surface area contributed by atoms with Gasteiger partial charge in [-0.25, -0.2) is 13.1 Å². The van der Waals surface area contributed by atoms with E-state index >= 15 is 0 Å². The zero-order valence-electron chi connectivity index (χ0n) is 28.4. The van der Waals surface area contributed by atoms with Crippen LogP contribution in [0.15, 0.2) is 24.4 Å². The normalized spacial score (nSPS) is 22.6. The number of aliphatic hydroxyl groups is 1. The molecular weight excluding hydrogens is 725 g/mol. The van der Waals surface area contributed by atoms with Gasteiger partial charge in [-0.2, -0.15) is 0 Å². The smallest absolute Gasteiger partial charge is 0.287 e. The number of rotatable bonds is 11. The molecule has 3 fully saturated rings. The summed E-state index contributed by atoms with van der Waals surface area (Å²) in [6, 6.07) is 1.34. The summed E-state index contributed by atoms with van der Waals surface area (Å²) in [4.78, 5) is 69.1. The fourth-order valence-electron chi connectivity index (χ4n) is 7.34. The van der Waals surface area contributed by atoms with E-state index in [-0.39, 0.29) is 47.3 Å². The van der Waals surface area contributed by atoms with Crippen molar-refractivity contribution in [1.29, 1.82) is 0 Å². The van der Waals surface area contributed by atoms with Gasteiger partial charge in [-0.3, -0.25) is 24.0 Å². The van der Waals surface area contributed by atoms with Gasteiger partial charge in [0, 0.05) is 18.5 Å². The second-order valence-electron chi connectivity index (χ2n) is 14.3. The molecule has 5 N–H and O–H groups in total. The Morgan fingerprint density at radius 2 is 1.75 bits per heavy atom. The first-order chi connectivity index (χ1) is 23.9. The lowest BCUT2D eigenvalue weighted by Gasteiger charge is -2.37. The van der Waals surface area contributed by atoms with E-state index in [4.69, 9.17) is 28.9 Å². The Morgan fingerprint density at radius 3 is 2.35 bits per heavy atom. The van der Waals surface area contributed by atoms with Gasteiger partial charge in [-0.15, -0.1) is 5.10 Å². The predicted octanol–water partition coefficient (Wildman–Crippen LogP) is 1.84. The largest absolute Gasteiger partial charge is 0.384 e. The van der Waals surface area contributed by atoms with Crippen molar-refractivity contribution in [3.05, 3.63) is 45.7 Å². The lowest BCUT2D eigenvalue weighted by atomic mass is 9.84. The standard InChI is InChI=1S/C33H43Cl2N7O8S/c1-32(2,48)26-17-37-40-42(26)21-16-25(30(46)39-33(27(43)28(36)44)10-12-51(49,50)13-11-33)41(18-21)31(47)24(14-19-6-4-3-5-7-19)38-29(45)20-8-9-22(34)23(35)15-20/h8-9,15,17,19,21,24-25,48H,3-7,10-14,16,18H2,1-2H3,(H2,36,44)(H,38,45)(H,39,46)/t21-,24+,25-/m0/s1. The molecule has 51 heavy (non-hydrogen) atoms. The van der Waals surface area contributed by atoms with Gasteiger partial charge in [0.2, 0.25) is 17.6 Å². The fraction of sp³-hybridized carbons (Fsp3) is 0.606. The minimum Gasteiger partial charge on any atom is -0.384 e. The van der Waals surface area contributed by atoms with E-state index in [0.717, 1.165) is 32.1 Å². The highest BCUT2D eigenvalue weighted by atomic mass is 35.5. The van der Waals surface area contributed by atoms with Crippen LogP contribution < -0.4 is 16.4 Å². The molecule has 0 radical (unpaired) electrons. The van der Waals surface area contributed by atoms with E-state index in [9.17, 15) is 37.5 Å². The van der Waals surface area contributed by atoms with Crippen molar-refractivity contribution in [3.8, 4) is 0 Å². The Labute approximate surface area is 305 Å². The van der Waals surface area contributed by atoms with E-state index in [1.807, 2.05) is 0 Å². The van der Waals surface area contributed by atoms with Crippen LogP contribution in [0.1, 0.15) is 93.7 Å². The van der Waals surface area contributed by atoms with E-state index in [1.165, 1.54) is 34.0 Å². The lowest BCUT2D eigenvalue weighted by molar-refractivity contribution is -0.145. The van der Waals surface area contributed by atoms with Crippen molar-refractivity contribution < 1.29 is 37.5 Å². The van der Waals surface area contributed by atoms with Gasteiger partial charge in [0.25, 0.3) is 11.8 Å². The maximum Gasteiger partial charge on any atom is 0.287 e. The molecular formula is C33H43Cl2N7O8S. The zero-order chi connectivity index (χ0) is 37.3. The molecule has 5 rings (SSSR count). The Hall–Kier alpha value is -3.60. The van der Waals surface area contributed by atoms with Crippen LogP contribution in [0, 0.1) is 5.92 Å². The Bertz CT molecular complexity index is 1790. The molecule has 0 spiro atoms. The predicted molar refractivity (Wildman–Crippen MR) is 186 cm³/mol. The Morgan fingerprint density at radius 1 is 1.08 bits per heavy atom. The van der Waals surface area contributed by atoms with Crippen LogP contribution in [-0.2, 0) is 34.6 Å². The summed E-state index contributed by atoms with van der Waals surface area (Å²) in [6.45, 7) is 3.00. The number of amides is 4. The molecule has 4 amide bonds. The molecule has 1 aliphatic carbocycles. The summed E-state index contributed by atoms with van der Waals surface area (Å²) in [5.74, 6) is -5.22. The van der Waals surface area contributed by atoms with Gasteiger partial charge >= 0.3 is 0 Å². The maximum absolute atomic E-state index is 14.7. The topological polar surface area (TPSA) is 224 Å². The van der Waals surface area contributed by atoms with Crippen LogP contribution >= 0.6 is 23.2 Å². The summed E-state index contributed by atoms with van der Waals surface area (Å²) < 4.78 is 26.0. The quantitative estimate of drug-likeness (QED) is 0.243. The zero-order valence-corrected chi connectivity index (χ0v) is 30.8. The van der Waals surface area contributed by atoms with Gasteiger partial charge in [0.05, 0.1) is 39.5 Å². The summed E-state index contributed by atoms with van der Waals surface area (Å²) in [5.41, 5.74) is 2.58. The number of hydrogen-bond acceptors (Lipinski definition) is 10. The summed E-state index contributed by atoms with van der Waals surface area (Å²) in [5, 5.41) is 24.8. The van der Waals surface area contributed by atoms with E-state index in [0.29, 0.717) is 12.1 Å². The van der Waals surface area contributed by atoms with Gasteiger partial charge in [-0.05, 0) is 57.2 Å². The van der Waals surface area contributed by atoms with Crippen molar-refractivity contribution in [3.63, 3.8) is 0 Å². The second kappa shape index (κ2) is 15.2. The third kappa shape index (κ3) is 8.72. The first-order valence-electron chi connectivity index (χ1n) is 17.0. The maximum atomic E-state index is 14.7. The highest BCUT2D eigenvalue weighted by molar-refractivity contribution is 7.91. The van der Waals surface area contributed by atoms with E-state index in [2.05, 4.69) is 20.9 Å². The number of nitrogens with two attached hydrogens (primary N) is 1. The third-order valence-corrected chi connectivity index (χ3v) is 12.6. The van der Waals surface area contributed by atoms with Gasteiger partial charge in [-0.1, -0.05) is 60.5 Å². The molecule has 1 aromatic heterocycles. The molecule has 18 heteroatoms. The van der Waals surface area contributed by atoms with Crippen molar-refractivity contribution in [2.24, 2.45) is 11.7 Å². The van der Waals surface area contributed by atoms with Gasteiger partial charge in [0.1, 0.15) is 23.2 Å². The number of primary amides is 1. The number of halogens is 2. The molecule has 2 saturated heterocycles. The number of sulfone groups is 1. The number of benzene rings is 1. The van der Waals surface area contributed by atoms with Crippen LogP contribution in [0.2, 0.25) is 10.0 Å². The molecule has 0 unspecified atom stereocenters. The van der Waals surface area contributed by atoms with Gasteiger partial charge < -0.3 is 26.4 Å². The number of carbonyl (C=O) groups excluding carboxylic acids is 5. The fourth-order valence-corrected chi connectivity index (χ4v) is 9.16. The first-order valence-corrected chi connectivity index (χ1v) is 19.5. The molecule has 278 valence electrons.